The molecule has 0 unspecified atom stereocenters. The largest absolute Gasteiger partial charge is 0.405 e. The molecule has 2 aromatic heterocycles. The first-order chi connectivity index (χ1) is 15.9. The van der Waals surface area contributed by atoms with Gasteiger partial charge in [-0.2, -0.15) is 10.1 Å². The van der Waals surface area contributed by atoms with Crippen molar-refractivity contribution < 1.29 is 9.26 Å². The van der Waals surface area contributed by atoms with Crippen LogP contribution in [0.5, 0.6) is 0 Å². The van der Waals surface area contributed by atoms with Gasteiger partial charge in [-0.1, -0.05) is 54.0 Å². The van der Waals surface area contributed by atoms with E-state index in [0.717, 1.165) is 36.3 Å². The molecule has 33 heavy (non-hydrogen) atoms. The number of aryl methyl sites for hydroxylation is 1. The first kappa shape index (κ1) is 23.0. The fourth-order valence-corrected chi connectivity index (χ4v) is 4.37. The van der Waals surface area contributed by atoms with Crippen LogP contribution in [0.2, 0.25) is 0 Å². The van der Waals surface area contributed by atoms with Crippen LogP contribution >= 0.6 is 11.6 Å². The Labute approximate surface area is 198 Å². The van der Waals surface area contributed by atoms with E-state index in [0.29, 0.717) is 29.0 Å². The molecule has 0 aliphatic heterocycles. The smallest absolute Gasteiger partial charge is 0.278 e. The molecule has 0 saturated heterocycles. The van der Waals surface area contributed by atoms with E-state index in [1.54, 1.807) is 19.3 Å². The van der Waals surface area contributed by atoms with Crippen molar-refractivity contribution in [2.45, 2.75) is 38.1 Å². The molecule has 1 aromatic carbocycles. The Balaban J connectivity index is 1.53. The van der Waals surface area contributed by atoms with Crippen molar-refractivity contribution in [2.75, 3.05) is 13.7 Å². The van der Waals surface area contributed by atoms with Gasteiger partial charge < -0.3 is 15.0 Å². The maximum atomic E-state index is 5.92. The fourth-order valence-electron chi connectivity index (χ4n) is 4.23. The van der Waals surface area contributed by atoms with Gasteiger partial charge in [0, 0.05) is 28.8 Å². The Kier molecular flexibility index (Phi) is 6.81. The van der Waals surface area contributed by atoms with E-state index >= 15 is 0 Å². The molecular formula is C25H28ClN5O2. The molecule has 3 aromatic rings. The zero-order valence-electron chi connectivity index (χ0n) is 18.9. The summed E-state index contributed by atoms with van der Waals surface area (Å²) in [6.45, 7) is 6.90. The summed E-state index contributed by atoms with van der Waals surface area (Å²) in [5.41, 5.74) is 10.3. The first-order valence-corrected chi connectivity index (χ1v) is 11.2. The van der Waals surface area contributed by atoms with E-state index in [9.17, 15) is 0 Å². The molecule has 172 valence electrons. The standard InChI is InChI=1S/C25H28ClN5O2/c1-17(26)13-19(9-12-27)15-31-18(2)14-22(29-31)24-28-23(30-33-24)20-5-7-21(8-6-20)25(16-32-3)10-4-11-25/h5-9,12-14H,1,4,10-11,15-16,27H2,2-3H3/b12-9-,19-13+. The van der Waals surface area contributed by atoms with Gasteiger partial charge >= 0.3 is 0 Å². The molecule has 0 bridgehead atoms. The van der Waals surface area contributed by atoms with E-state index in [4.69, 9.17) is 26.6 Å². The lowest BCUT2D eigenvalue weighted by molar-refractivity contribution is 0.0792. The number of aromatic nitrogens is 4. The minimum atomic E-state index is 0.141. The highest BCUT2D eigenvalue weighted by atomic mass is 35.5. The summed E-state index contributed by atoms with van der Waals surface area (Å²) in [5.74, 6) is 0.899. The maximum absolute atomic E-state index is 5.92. The van der Waals surface area contributed by atoms with Gasteiger partial charge in [-0.25, -0.2) is 0 Å². The highest BCUT2D eigenvalue weighted by Gasteiger charge is 2.38. The van der Waals surface area contributed by atoms with Crippen molar-refractivity contribution >= 4 is 11.6 Å². The van der Waals surface area contributed by atoms with Crippen LogP contribution in [0.1, 0.15) is 30.5 Å². The van der Waals surface area contributed by atoms with Crippen molar-refractivity contribution in [3.05, 3.63) is 77.1 Å². The molecule has 0 radical (unpaired) electrons. The average Bonchev–Trinajstić information content (AvgIpc) is 3.38. The van der Waals surface area contributed by atoms with Crippen LogP contribution in [0.3, 0.4) is 0 Å². The Hall–Kier alpha value is -3.16. The van der Waals surface area contributed by atoms with Crippen molar-refractivity contribution in [1.82, 2.24) is 19.9 Å². The third kappa shape index (κ3) is 4.94. The predicted octanol–water partition coefficient (Wildman–Crippen LogP) is 5.13. The molecule has 0 atom stereocenters. The molecule has 2 heterocycles. The highest BCUT2D eigenvalue weighted by Crippen LogP contribution is 2.44. The monoisotopic (exact) mass is 465 g/mol. The molecule has 1 aliphatic carbocycles. The quantitative estimate of drug-likeness (QED) is 0.440. The summed E-state index contributed by atoms with van der Waals surface area (Å²) < 4.78 is 12.8. The van der Waals surface area contributed by atoms with Crippen LogP contribution < -0.4 is 5.73 Å². The van der Waals surface area contributed by atoms with Gasteiger partial charge in [-0.15, -0.1) is 0 Å². The first-order valence-electron chi connectivity index (χ1n) is 10.9. The Morgan fingerprint density at radius 2 is 2.09 bits per heavy atom. The zero-order valence-corrected chi connectivity index (χ0v) is 19.7. The number of rotatable bonds is 9. The molecule has 1 fully saturated rings. The predicted molar refractivity (Wildman–Crippen MR) is 130 cm³/mol. The van der Waals surface area contributed by atoms with Gasteiger partial charge in [0.2, 0.25) is 5.82 Å². The van der Waals surface area contributed by atoms with Crippen molar-refractivity contribution in [2.24, 2.45) is 5.73 Å². The van der Waals surface area contributed by atoms with E-state index in [-0.39, 0.29) is 5.41 Å². The third-order valence-electron chi connectivity index (χ3n) is 6.10. The number of benzene rings is 1. The summed E-state index contributed by atoms with van der Waals surface area (Å²) in [6, 6.07) is 10.3. The topological polar surface area (TPSA) is 92.0 Å². The molecular weight excluding hydrogens is 438 g/mol. The van der Waals surface area contributed by atoms with E-state index < -0.39 is 0 Å². The zero-order chi connectivity index (χ0) is 23.4. The van der Waals surface area contributed by atoms with Crippen LogP contribution in [-0.4, -0.2) is 33.6 Å². The van der Waals surface area contributed by atoms with E-state index in [1.807, 2.05) is 29.8 Å². The van der Waals surface area contributed by atoms with E-state index in [2.05, 4.69) is 34.0 Å². The van der Waals surface area contributed by atoms with Crippen LogP contribution in [0.4, 0.5) is 0 Å². The molecule has 0 spiro atoms. The van der Waals surface area contributed by atoms with Gasteiger partial charge in [0.15, 0.2) is 5.69 Å². The van der Waals surface area contributed by atoms with Crippen molar-refractivity contribution in [1.29, 1.82) is 0 Å². The minimum absolute atomic E-state index is 0.141. The lowest BCUT2D eigenvalue weighted by Crippen LogP contribution is -2.38. The second kappa shape index (κ2) is 9.77. The Bertz CT molecular complexity index is 1190. The normalized spacial score (nSPS) is 15.7. The molecule has 0 amide bonds. The third-order valence-corrected chi connectivity index (χ3v) is 6.21. The molecule has 2 N–H and O–H groups in total. The van der Waals surface area contributed by atoms with Crippen LogP contribution in [0.25, 0.3) is 23.0 Å². The SMILES string of the molecule is C=C(Cl)/C=C(\C=C/N)Cn1nc(-c2nc(-c3ccc(C4(COC)CCC4)cc3)no2)cc1C. The van der Waals surface area contributed by atoms with Gasteiger partial charge in [-0.3, -0.25) is 4.68 Å². The maximum Gasteiger partial charge on any atom is 0.278 e. The summed E-state index contributed by atoms with van der Waals surface area (Å²) in [7, 11) is 1.76. The lowest BCUT2D eigenvalue weighted by atomic mass is 9.65. The molecule has 1 aliphatic rings. The number of allylic oxidation sites excluding steroid dienone is 4. The Morgan fingerprint density at radius 3 is 2.70 bits per heavy atom. The second-order valence-corrected chi connectivity index (χ2v) is 8.91. The molecule has 7 nitrogen and oxygen atoms in total. The summed E-state index contributed by atoms with van der Waals surface area (Å²) >= 11 is 5.92. The van der Waals surface area contributed by atoms with Crippen molar-refractivity contribution in [3.8, 4) is 23.0 Å². The number of halogens is 1. The summed E-state index contributed by atoms with van der Waals surface area (Å²) in [5, 5.41) is 9.21. The molecule has 1 saturated carbocycles. The van der Waals surface area contributed by atoms with Crippen molar-refractivity contribution in [3.63, 3.8) is 0 Å². The number of methoxy groups -OCH3 is 1. The number of hydrogen-bond donors (Lipinski definition) is 1. The summed E-state index contributed by atoms with van der Waals surface area (Å²) in [6.07, 6.45) is 8.54. The number of hydrogen-bond acceptors (Lipinski definition) is 6. The van der Waals surface area contributed by atoms with Crippen LogP contribution in [0.15, 0.2) is 70.4 Å². The van der Waals surface area contributed by atoms with Gasteiger partial charge in [-0.05, 0) is 55.3 Å². The van der Waals surface area contributed by atoms with Gasteiger partial charge in [0.25, 0.3) is 5.89 Å². The van der Waals surface area contributed by atoms with Gasteiger partial charge in [0.1, 0.15) is 0 Å². The van der Waals surface area contributed by atoms with E-state index in [1.165, 1.54) is 18.2 Å². The molecule has 8 heteroatoms. The van der Waals surface area contributed by atoms with Gasteiger partial charge in [0.05, 0.1) is 13.2 Å². The number of nitrogens with zero attached hydrogens (tertiary/aromatic N) is 4. The van der Waals surface area contributed by atoms with Crippen LogP contribution in [-0.2, 0) is 16.7 Å². The number of nitrogens with two attached hydrogens (primary N) is 1. The van der Waals surface area contributed by atoms with Crippen LogP contribution in [0, 0.1) is 6.92 Å². The molecule has 4 rings (SSSR count). The second-order valence-electron chi connectivity index (χ2n) is 8.42. The minimum Gasteiger partial charge on any atom is -0.405 e. The number of ether oxygens (including phenoxy) is 1. The lowest BCUT2D eigenvalue weighted by Gasteiger charge is -2.42. The summed E-state index contributed by atoms with van der Waals surface area (Å²) in [4.78, 5) is 4.57. The Morgan fingerprint density at radius 1 is 1.33 bits per heavy atom. The highest BCUT2D eigenvalue weighted by molar-refractivity contribution is 6.30. The average molecular weight is 466 g/mol. The fraction of sp³-hybridized carbons (Fsp3) is 0.320.